The second-order valence-corrected chi connectivity index (χ2v) is 8.74. The number of benzene rings is 2. The Morgan fingerprint density at radius 3 is 2.55 bits per heavy atom. The van der Waals surface area contributed by atoms with Gasteiger partial charge in [0.15, 0.2) is 6.54 Å². The van der Waals surface area contributed by atoms with Gasteiger partial charge in [0.2, 0.25) is 0 Å². The van der Waals surface area contributed by atoms with Crippen molar-refractivity contribution in [2.24, 2.45) is 0 Å². The van der Waals surface area contributed by atoms with Gasteiger partial charge in [-0.25, -0.2) is 0 Å². The molecule has 1 unspecified atom stereocenters. The van der Waals surface area contributed by atoms with Gasteiger partial charge in [0.25, 0.3) is 5.91 Å². The fraction of sp³-hybridized carbons (Fsp3) is 0.292. The number of nitrogens with one attached hydrogen (secondary N) is 2. The molecule has 1 saturated heterocycles. The van der Waals surface area contributed by atoms with E-state index in [9.17, 15) is 4.79 Å². The summed E-state index contributed by atoms with van der Waals surface area (Å²) in [6, 6.07) is 25.7. The Balaban J connectivity index is 1.28. The van der Waals surface area contributed by atoms with Crippen molar-refractivity contribution in [3.05, 3.63) is 94.2 Å². The number of hydrogen-bond acceptors (Lipinski definition) is 2. The van der Waals surface area contributed by atoms with Crippen molar-refractivity contribution in [3.63, 3.8) is 0 Å². The van der Waals surface area contributed by atoms with E-state index < -0.39 is 0 Å². The molecule has 29 heavy (non-hydrogen) atoms. The van der Waals surface area contributed by atoms with Crippen molar-refractivity contribution in [2.45, 2.75) is 25.0 Å². The van der Waals surface area contributed by atoms with E-state index in [0.29, 0.717) is 6.54 Å². The standard InChI is InChI=1S/C24H27N3OS/c28-23(26-21-13-14-27(18-21)17-19-8-3-1-4-9-19)16-25-24(22-12-7-15-29-22)20-10-5-2-6-11-20/h1-12,15,21,24-25H,13-14,16-18H2,(H,26,28)/p+2/t21-,24-/m0/s1. The minimum atomic E-state index is 0.133. The van der Waals surface area contributed by atoms with Crippen LogP contribution in [-0.2, 0) is 11.3 Å². The molecular formula is C24H29N3OS+2. The Labute approximate surface area is 176 Å². The summed E-state index contributed by atoms with van der Waals surface area (Å²) in [6.07, 6.45) is 1.06. The minimum Gasteiger partial charge on any atom is -0.343 e. The molecule has 2 heterocycles. The number of nitrogens with two attached hydrogens (primary N) is 1. The summed E-state index contributed by atoms with van der Waals surface area (Å²) in [5.74, 6) is 0.133. The molecule has 0 radical (unpaired) electrons. The summed E-state index contributed by atoms with van der Waals surface area (Å²) < 4.78 is 0. The first-order valence-electron chi connectivity index (χ1n) is 10.4. The van der Waals surface area contributed by atoms with Gasteiger partial charge in [-0.15, -0.1) is 11.3 Å². The van der Waals surface area contributed by atoms with E-state index in [0.717, 1.165) is 26.1 Å². The zero-order chi connectivity index (χ0) is 19.9. The minimum absolute atomic E-state index is 0.133. The molecule has 0 saturated carbocycles. The number of carbonyl (C=O) groups excluding carboxylic acids is 1. The Bertz CT molecular complexity index is 883. The molecule has 5 heteroatoms. The van der Waals surface area contributed by atoms with Crippen LogP contribution in [0.3, 0.4) is 0 Å². The van der Waals surface area contributed by atoms with Crippen LogP contribution < -0.4 is 15.5 Å². The summed E-state index contributed by atoms with van der Waals surface area (Å²) in [5, 5.41) is 7.51. The van der Waals surface area contributed by atoms with E-state index in [1.165, 1.54) is 16.0 Å². The van der Waals surface area contributed by atoms with Crippen LogP contribution in [-0.4, -0.2) is 31.6 Å². The lowest BCUT2D eigenvalue weighted by atomic mass is 10.1. The maximum atomic E-state index is 12.6. The molecule has 0 spiro atoms. The van der Waals surface area contributed by atoms with Crippen LogP contribution in [0.1, 0.15) is 28.5 Å². The fourth-order valence-corrected chi connectivity index (χ4v) is 5.01. The monoisotopic (exact) mass is 407 g/mol. The van der Waals surface area contributed by atoms with Crippen LogP contribution in [0.4, 0.5) is 0 Å². The van der Waals surface area contributed by atoms with E-state index in [1.54, 1.807) is 16.2 Å². The smallest absolute Gasteiger partial charge is 0.275 e. The zero-order valence-electron chi connectivity index (χ0n) is 16.6. The highest BCUT2D eigenvalue weighted by Crippen LogP contribution is 2.22. The fourth-order valence-electron chi connectivity index (χ4n) is 4.16. The maximum Gasteiger partial charge on any atom is 0.275 e. The van der Waals surface area contributed by atoms with Gasteiger partial charge in [-0.1, -0.05) is 66.7 Å². The van der Waals surface area contributed by atoms with Gasteiger partial charge in [-0.05, 0) is 11.4 Å². The summed E-state index contributed by atoms with van der Waals surface area (Å²) >= 11 is 1.75. The van der Waals surface area contributed by atoms with Crippen molar-refractivity contribution < 1.29 is 15.0 Å². The number of carbonyl (C=O) groups is 1. The number of rotatable bonds is 8. The van der Waals surface area contributed by atoms with Crippen LogP contribution in [0.2, 0.25) is 0 Å². The Hall–Kier alpha value is -2.47. The lowest BCUT2D eigenvalue weighted by Gasteiger charge is -2.16. The first-order valence-corrected chi connectivity index (χ1v) is 11.2. The number of quaternary nitrogens is 2. The van der Waals surface area contributed by atoms with E-state index >= 15 is 0 Å². The maximum absolute atomic E-state index is 12.6. The van der Waals surface area contributed by atoms with E-state index in [2.05, 4.69) is 82.7 Å². The van der Waals surface area contributed by atoms with Gasteiger partial charge in [0, 0.05) is 17.5 Å². The van der Waals surface area contributed by atoms with Crippen molar-refractivity contribution in [1.29, 1.82) is 0 Å². The highest BCUT2D eigenvalue weighted by molar-refractivity contribution is 7.10. The van der Waals surface area contributed by atoms with Gasteiger partial charge < -0.3 is 15.5 Å². The molecule has 0 bridgehead atoms. The van der Waals surface area contributed by atoms with Crippen molar-refractivity contribution in [3.8, 4) is 0 Å². The van der Waals surface area contributed by atoms with Crippen molar-refractivity contribution >= 4 is 17.2 Å². The van der Waals surface area contributed by atoms with Crippen LogP contribution in [0, 0.1) is 0 Å². The highest BCUT2D eigenvalue weighted by Gasteiger charge is 2.28. The molecule has 2 aromatic carbocycles. The van der Waals surface area contributed by atoms with Crippen molar-refractivity contribution in [2.75, 3.05) is 19.6 Å². The average Bonchev–Trinajstić information content (AvgIpc) is 3.42. The van der Waals surface area contributed by atoms with Crippen molar-refractivity contribution in [1.82, 2.24) is 5.32 Å². The topological polar surface area (TPSA) is 50.1 Å². The molecule has 0 aliphatic carbocycles. The summed E-state index contributed by atoms with van der Waals surface area (Å²) in [6.45, 7) is 3.61. The third-order valence-corrected chi connectivity index (χ3v) is 6.55. The van der Waals surface area contributed by atoms with E-state index in [4.69, 9.17) is 0 Å². The van der Waals surface area contributed by atoms with Gasteiger partial charge in [0.05, 0.1) is 24.0 Å². The van der Waals surface area contributed by atoms with E-state index in [1.807, 2.05) is 6.07 Å². The largest absolute Gasteiger partial charge is 0.343 e. The summed E-state index contributed by atoms with van der Waals surface area (Å²) in [7, 11) is 0. The normalized spacial score (nSPS) is 19.7. The second kappa shape index (κ2) is 9.83. The van der Waals surface area contributed by atoms with Gasteiger partial charge in [-0.3, -0.25) is 4.79 Å². The Morgan fingerprint density at radius 2 is 1.83 bits per heavy atom. The molecular weight excluding hydrogens is 378 g/mol. The first-order chi connectivity index (χ1) is 14.3. The molecule has 150 valence electrons. The third kappa shape index (κ3) is 5.54. The SMILES string of the molecule is O=C(C[NH2+][C@@H](c1ccccc1)c1cccs1)N[C@H]1CC[NH+](Cc2ccccc2)C1. The average molecular weight is 408 g/mol. The van der Waals surface area contributed by atoms with Crippen LogP contribution in [0.15, 0.2) is 78.2 Å². The lowest BCUT2D eigenvalue weighted by Crippen LogP contribution is -3.09. The number of hydrogen-bond donors (Lipinski definition) is 3. The molecule has 4 N–H and O–H groups in total. The third-order valence-electron chi connectivity index (χ3n) is 5.59. The number of amides is 1. The molecule has 3 aromatic rings. The molecule has 1 fully saturated rings. The molecule has 3 atom stereocenters. The predicted octanol–water partition coefficient (Wildman–Crippen LogP) is 1.37. The van der Waals surface area contributed by atoms with Gasteiger partial charge in [0.1, 0.15) is 12.6 Å². The number of thiophene rings is 1. The zero-order valence-corrected chi connectivity index (χ0v) is 17.4. The first kappa shape index (κ1) is 19.8. The van der Waals surface area contributed by atoms with E-state index in [-0.39, 0.29) is 18.0 Å². The quantitative estimate of drug-likeness (QED) is 0.519. The lowest BCUT2D eigenvalue weighted by molar-refractivity contribution is -0.901. The molecule has 1 aliphatic rings. The molecule has 4 nitrogen and oxygen atoms in total. The molecule has 1 amide bonds. The molecule has 1 aromatic heterocycles. The number of likely N-dealkylation sites (tertiary alicyclic amines) is 1. The Morgan fingerprint density at radius 1 is 1.07 bits per heavy atom. The van der Waals surface area contributed by atoms with Gasteiger partial charge in [-0.2, -0.15) is 0 Å². The van der Waals surface area contributed by atoms with Gasteiger partial charge >= 0.3 is 0 Å². The molecule has 4 rings (SSSR count). The highest BCUT2D eigenvalue weighted by atomic mass is 32.1. The summed E-state index contributed by atoms with van der Waals surface area (Å²) in [5.41, 5.74) is 2.60. The van der Waals surface area contributed by atoms with Crippen LogP contribution in [0.25, 0.3) is 0 Å². The predicted molar refractivity (Wildman–Crippen MR) is 117 cm³/mol. The Kier molecular flexibility index (Phi) is 6.72. The van der Waals surface area contributed by atoms with Crippen LogP contribution >= 0.6 is 11.3 Å². The van der Waals surface area contributed by atoms with Crippen LogP contribution in [0.5, 0.6) is 0 Å². The second-order valence-electron chi connectivity index (χ2n) is 7.76. The summed E-state index contributed by atoms with van der Waals surface area (Å²) in [4.78, 5) is 15.4. The molecule has 1 aliphatic heterocycles.